The molecule has 2 nitrogen and oxygen atoms in total. The fourth-order valence-corrected chi connectivity index (χ4v) is 2.54. The summed E-state index contributed by atoms with van der Waals surface area (Å²) in [5, 5.41) is 3.64. The summed E-state index contributed by atoms with van der Waals surface area (Å²) in [4.78, 5) is 2.50. The topological polar surface area (TPSA) is 15.3 Å². The number of nitrogens with zero attached hydrogens (tertiary/aromatic N) is 1. The van der Waals surface area contributed by atoms with Crippen LogP contribution in [-0.4, -0.2) is 35.6 Å². The predicted molar refractivity (Wildman–Crippen MR) is 70.4 cm³/mol. The maximum absolute atomic E-state index is 5.66. The lowest BCUT2D eigenvalue weighted by molar-refractivity contribution is 0.0586. The normalized spacial score (nSPS) is 27.7. The molecule has 0 aromatic rings. The zero-order valence-electron chi connectivity index (χ0n) is 11.2. The lowest BCUT2D eigenvalue weighted by atomic mass is 9.95. The third kappa shape index (κ3) is 2.99. The van der Waals surface area contributed by atoms with Crippen LogP contribution < -0.4 is 5.32 Å². The first-order valence-electron chi connectivity index (χ1n) is 6.53. The van der Waals surface area contributed by atoms with Crippen molar-refractivity contribution in [2.24, 2.45) is 0 Å². The number of nitrogens with one attached hydrogen (secondary N) is 1. The molecule has 1 rings (SSSR count). The zero-order chi connectivity index (χ0) is 12.2. The third-order valence-electron chi connectivity index (χ3n) is 3.68. The molecular weight excluding hydrogens is 196 g/mol. The van der Waals surface area contributed by atoms with Crippen LogP contribution in [0.25, 0.3) is 0 Å². The fourth-order valence-electron chi connectivity index (χ4n) is 2.54. The van der Waals surface area contributed by atoms with Gasteiger partial charge in [-0.05, 0) is 26.7 Å². The quantitative estimate of drug-likeness (QED) is 0.734. The smallest absolute Gasteiger partial charge is 0.0769 e. The molecule has 1 heterocycles. The second kappa shape index (κ2) is 5.70. The summed E-state index contributed by atoms with van der Waals surface area (Å²) < 4.78 is 0. The highest BCUT2D eigenvalue weighted by molar-refractivity contribution is 5.11. The SMILES string of the molecule is C#CC(C)(C)N1CC(CCC)NCC1CC. The molecule has 1 N–H and O–H groups in total. The summed E-state index contributed by atoms with van der Waals surface area (Å²) in [6, 6.07) is 1.19. The van der Waals surface area contributed by atoms with Crippen molar-refractivity contribution in [3.8, 4) is 12.3 Å². The summed E-state index contributed by atoms with van der Waals surface area (Å²) in [6.45, 7) is 11.0. The van der Waals surface area contributed by atoms with Crippen molar-refractivity contribution in [2.45, 2.75) is 64.6 Å². The van der Waals surface area contributed by atoms with Gasteiger partial charge in [0.25, 0.3) is 0 Å². The van der Waals surface area contributed by atoms with Gasteiger partial charge in [0, 0.05) is 25.2 Å². The molecular formula is C14H26N2. The van der Waals surface area contributed by atoms with Gasteiger partial charge in [-0.1, -0.05) is 26.2 Å². The van der Waals surface area contributed by atoms with Crippen LogP contribution in [0.4, 0.5) is 0 Å². The molecule has 0 radical (unpaired) electrons. The van der Waals surface area contributed by atoms with Crippen LogP contribution in [-0.2, 0) is 0 Å². The van der Waals surface area contributed by atoms with E-state index in [1.54, 1.807) is 0 Å². The molecule has 1 aliphatic heterocycles. The Morgan fingerprint density at radius 2 is 2.12 bits per heavy atom. The summed E-state index contributed by atoms with van der Waals surface area (Å²) in [5.74, 6) is 2.94. The Morgan fingerprint density at radius 1 is 1.44 bits per heavy atom. The molecule has 2 atom stereocenters. The average molecular weight is 222 g/mol. The molecule has 2 heteroatoms. The number of hydrogen-bond acceptors (Lipinski definition) is 2. The summed E-state index contributed by atoms with van der Waals surface area (Å²) >= 11 is 0. The molecule has 92 valence electrons. The number of hydrogen-bond donors (Lipinski definition) is 1. The number of rotatable bonds is 4. The second-order valence-electron chi connectivity index (χ2n) is 5.31. The maximum Gasteiger partial charge on any atom is 0.0769 e. The van der Waals surface area contributed by atoms with Crippen molar-refractivity contribution < 1.29 is 0 Å². The zero-order valence-corrected chi connectivity index (χ0v) is 11.2. The highest BCUT2D eigenvalue weighted by Gasteiger charge is 2.34. The molecule has 0 bridgehead atoms. The van der Waals surface area contributed by atoms with E-state index in [-0.39, 0.29) is 5.54 Å². The predicted octanol–water partition coefficient (Wildman–Crippen LogP) is 2.25. The average Bonchev–Trinajstić information content (AvgIpc) is 2.29. The first-order chi connectivity index (χ1) is 7.55. The maximum atomic E-state index is 5.66. The van der Waals surface area contributed by atoms with Gasteiger partial charge in [0.1, 0.15) is 0 Å². The van der Waals surface area contributed by atoms with Gasteiger partial charge in [-0.3, -0.25) is 4.90 Å². The van der Waals surface area contributed by atoms with Crippen LogP contribution in [0, 0.1) is 12.3 Å². The van der Waals surface area contributed by atoms with Gasteiger partial charge in [0.15, 0.2) is 0 Å². The van der Waals surface area contributed by atoms with Crippen LogP contribution >= 0.6 is 0 Å². The van der Waals surface area contributed by atoms with E-state index in [0.29, 0.717) is 12.1 Å². The number of terminal acetylenes is 1. The van der Waals surface area contributed by atoms with E-state index >= 15 is 0 Å². The van der Waals surface area contributed by atoms with Crippen molar-refractivity contribution in [2.75, 3.05) is 13.1 Å². The Labute approximate surface area is 101 Å². The van der Waals surface area contributed by atoms with E-state index in [9.17, 15) is 0 Å². The van der Waals surface area contributed by atoms with Gasteiger partial charge >= 0.3 is 0 Å². The molecule has 1 aliphatic rings. The molecule has 2 unspecified atom stereocenters. The minimum absolute atomic E-state index is 0.116. The van der Waals surface area contributed by atoms with Crippen LogP contribution in [0.3, 0.4) is 0 Å². The minimum Gasteiger partial charge on any atom is -0.311 e. The first kappa shape index (κ1) is 13.5. The molecule has 0 amide bonds. The van der Waals surface area contributed by atoms with Gasteiger partial charge in [-0.15, -0.1) is 6.42 Å². The second-order valence-corrected chi connectivity index (χ2v) is 5.31. The van der Waals surface area contributed by atoms with E-state index in [4.69, 9.17) is 6.42 Å². The Hall–Kier alpha value is -0.520. The molecule has 16 heavy (non-hydrogen) atoms. The first-order valence-corrected chi connectivity index (χ1v) is 6.53. The van der Waals surface area contributed by atoms with Crippen molar-refractivity contribution in [1.82, 2.24) is 10.2 Å². The third-order valence-corrected chi connectivity index (χ3v) is 3.68. The Kier molecular flexibility index (Phi) is 4.83. The van der Waals surface area contributed by atoms with Crippen LogP contribution in [0.1, 0.15) is 47.0 Å². The minimum atomic E-state index is -0.116. The summed E-state index contributed by atoms with van der Waals surface area (Å²) in [5.41, 5.74) is -0.116. The lowest BCUT2D eigenvalue weighted by Gasteiger charge is -2.46. The van der Waals surface area contributed by atoms with E-state index in [1.807, 2.05) is 0 Å². The molecule has 1 fully saturated rings. The highest BCUT2D eigenvalue weighted by Crippen LogP contribution is 2.22. The largest absolute Gasteiger partial charge is 0.311 e. The monoisotopic (exact) mass is 222 g/mol. The number of piperazine rings is 1. The standard InChI is InChI=1S/C14H26N2/c1-6-9-12-11-16(14(4,5)8-3)13(7-2)10-15-12/h3,12-13,15H,6-7,9-11H2,1-2,4-5H3. The molecule has 1 saturated heterocycles. The Bertz CT molecular complexity index is 252. The molecule has 0 aromatic carbocycles. The summed E-state index contributed by atoms with van der Waals surface area (Å²) in [7, 11) is 0. The van der Waals surface area contributed by atoms with E-state index in [2.05, 4.69) is 43.8 Å². The van der Waals surface area contributed by atoms with Gasteiger partial charge in [0.2, 0.25) is 0 Å². The molecule has 0 saturated carbocycles. The lowest BCUT2D eigenvalue weighted by Crippen LogP contribution is -2.62. The van der Waals surface area contributed by atoms with Gasteiger partial charge < -0.3 is 5.32 Å². The van der Waals surface area contributed by atoms with Gasteiger partial charge in [-0.25, -0.2) is 0 Å². The highest BCUT2D eigenvalue weighted by atomic mass is 15.3. The van der Waals surface area contributed by atoms with E-state index in [0.717, 1.165) is 19.5 Å². The van der Waals surface area contributed by atoms with E-state index in [1.165, 1.54) is 12.8 Å². The Balaban J connectivity index is 2.72. The molecule has 0 aliphatic carbocycles. The van der Waals surface area contributed by atoms with Crippen molar-refractivity contribution >= 4 is 0 Å². The van der Waals surface area contributed by atoms with Crippen LogP contribution in [0.5, 0.6) is 0 Å². The summed E-state index contributed by atoms with van der Waals surface area (Å²) in [6.07, 6.45) is 9.30. The van der Waals surface area contributed by atoms with Crippen molar-refractivity contribution in [1.29, 1.82) is 0 Å². The van der Waals surface area contributed by atoms with Crippen LogP contribution in [0.15, 0.2) is 0 Å². The molecule has 0 aromatic heterocycles. The van der Waals surface area contributed by atoms with Crippen LogP contribution in [0.2, 0.25) is 0 Å². The fraction of sp³-hybridized carbons (Fsp3) is 0.857. The van der Waals surface area contributed by atoms with E-state index < -0.39 is 0 Å². The van der Waals surface area contributed by atoms with Crippen molar-refractivity contribution in [3.63, 3.8) is 0 Å². The van der Waals surface area contributed by atoms with Crippen molar-refractivity contribution in [3.05, 3.63) is 0 Å². The Morgan fingerprint density at radius 3 is 2.62 bits per heavy atom. The van der Waals surface area contributed by atoms with Gasteiger partial charge in [0.05, 0.1) is 5.54 Å². The molecule has 0 spiro atoms. The van der Waals surface area contributed by atoms with Gasteiger partial charge in [-0.2, -0.15) is 0 Å².